The summed E-state index contributed by atoms with van der Waals surface area (Å²) in [5.41, 5.74) is 0.859. The molecule has 150 valence electrons. The first kappa shape index (κ1) is 20.3. The van der Waals surface area contributed by atoms with Gasteiger partial charge in [-0.15, -0.1) is 0 Å². The van der Waals surface area contributed by atoms with Crippen LogP contribution in [0.15, 0.2) is 29.2 Å². The molecule has 1 heterocycles. The van der Waals surface area contributed by atoms with E-state index in [0.29, 0.717) is 30.1 Å². The Morgan fingerprint density at radius 1 is 1.07 bits per heavy atom. The third-order valence-corrected chi connectivity index (χ3v) is 8.02. The van der Waals surface area contributed by atoms with E-state index >= 15 is 0 Å². The van der Waals surface area contributed by atoms with Gasteiger partial charge in [-0.05, 0) is 68.1 Å². The number of sulfonamides is 1. The fourth-order valence-corrected chi connectivity index (χ4v) is 5.84. The quantitative estimate of drug-likeness (QED) is 0.832. The molecule has 2 aliphatic rings. The summed E-state index contributed by atoms with van der Waals surface area (Å²) in [6.45, 7) is 7.96. The first-order valence-corrected chi connectivity index (χ1v) is 11.5. The zero-order valence-electron chi connectivity index (χ0n) is 16.7. The van der Waals surface area contributed by atoms with Gasteiger partial charge in [0.1, 0.15) is 0 Å². The van der Waals surface area contributed by atoms with Gasteiger partial charge in [0, 0.05) is 24.7 Å². The third-order valence-electron chi connectivity index (χ3n) is 6.13. The van der Waals surface area contributed by atoms with Crippen molar-refractivity contribution >= 4 is 21.6 Å². The third kappa shape index (κ3) is 4.72. The lowest BCUT2D eigenvalue weighted by Gasteiger charge is -2.36. The van der Waals surface area contributed by atoms with Crippen LogP contribution >= 0.6 is 0 Å². The van der Waals surface area contributed by atoms with E-state index in [1.165, 1.54) is 4.31 Å². The molecule has 1 saturated heterocycles. The molecule has 5 nitrogen and oxygen atoms in total. The Labute approximate surface area is 163 Å². The van der Waals surface area contributed by atoms with Gasteiger partial charge < -0.3 is 5.32 Å². The number of nitrogens with zero attached hydrogens (tertiary/aromatic N) is 1. The van der Waals surface area contributed by atoms with Gasteiger partial charge in [0.25, 0.3) is 0 Å². The second-order valence-electron chi connectivity index (χ2n) is 9.04. The largest absolute Gasteiger partial charge is 0.326 e. The molecule has 1 aliphatic heterocycles. The Morgan fingerprint density at radius 3 is 2.30 bits per heavy atom. The van der Waals surface area contributed by atoms with Crippen LogP contribution in [0.5, 0.6) is 0 Å². The van der Waals surface area contributed by atoms with E-state index in [4.69, 9.17) is 0 Å². The molecular formula is C21H32N2O3S. The van der Waals surface area contributed by atoms with Crippen LogP contribution in [0.25, 0.3) is 0 Å². The molecule has 1 saturated carbocycles. The highest BCUT2D eigenvalue weighted by molar-refractivity contribution is 7.89. The maximum absolute atomic E-state index is 12.7. The van der Waals surface area contributed by atoms with Crippen LogP contribution in [0.3, 0.4) is 0 Å². The summed E-state index contributed by atoms with van der Waals surface area (Å²) >= 11 is 0. The molecule has 27 heavy (non-hydrogen) atoms. The molecule has 1 amide bonds. The number of carbonyl (C=O) groups is 1. The summed E-state index contributed by atoms with van der Waals surface area (Å²) in [6.07, 6.45) is 5.77. The standard InChI is InChI=1S/C21H32N2O3S/c1-21(2,3)17-11-9-16(10-12-17)20(24)22-18-7-6-8-19(15-18)27(25,26)23-13-4-5-14-23/h6-8,15-17H,4-5,9-14H2,1-3H3,(H,22,24). The Bertz CT molecular complexity index is 769. The van der Waals surface area contributed by atoms with E-state index in [2.05, 4.69) is 26.1 Å². The number of carbonyl (C=O) groups excluding carboxylic acids is 1. The molecule has 3 rings (SSSR count). The van der Waals surface area contributed by atoms with Gasteiger partial charge in [0.15, 0.2) is 0 Å². The second-order valence-corrected chi connectivity index (χ2v) is 11.0. The minimum Gasteiger partial charge on any atom is -0.326 e. The van der Waals surface area contributed by atoms with Gasteiger partial charge in [0.05, 0.1) is 4.90 Å². The molecule has 1 N–H and O–H groups in total. The van der Waals surface area contributed by atoms with Crippen LogP contribution in [0.4, 0.5) is 5.69 Å². The van der Waals surface area contributed by atoms with E-state index in [-0.39, 0.29) is 16.7 Å². The topological polar surface area (TPSA) is 66.5 Å². The van der Waals surface area contributed by atoms with Crippen molar-refractivity contribution in [1.82, 2.24) is 4.31 Å². The Hall–Kier alpha value is -1.40. The SMILES string of the molecule is CC(C)(C)C1CCC(C(=O)Nc2cccc(S(=O)(=O)N3CCCC3)c2)CC1. The van der Waals surface area contributed by atoms with Gasteiger partial charge in [-0.3, -0.25) is 4.79 Å². The summed E-state index contributed by atoms with van der Waals surface area (Å²) in [4.78, 5) is 12.9. The van der Waals surface area contributed by atoms with Crippen molar-refractivity contribution in [2.24, 2.45) is 17.3 Å². The van der Waals surface area contributed by atoms with E-state index in [1.54, 1.807) is 24.3 Å². The highest BCUT2D eigenvalue weighted by Gasteiger charge is 2.32. The Morgan fingerprint density at radius 2 is 1.70 bits per heavy atom. The number of hydrogen-bond acceptors (Lipinski definition) is 3. The number of rotatable bonds is 4. The van der Waals surface area contributed by atoms with Gasteiger partial charge in [-0.25, -0.2) is 8.42 Å². The smallest absolute Gasteiger partial charge is 0.243 e. The predicted molar refractivity (Wildman–Crippen MR) is 108 cm³/mol. The summed E-state index contributed by atoms with van der Waals surface area (Å²) in [6, 6.07) is 6.67. The van der Waals surface area contributed by atoms with Gasteiger partial charge in [-0.1, -0.05) is 26.8 Å². The van der Waals surface area contributed by atoms with Crippen molar-refractivity contribution in [2.45, 2.75) is 64.2 Å². The van der Waals surface area contributed by atoms with Crippen LogP contribution in [-0.4, -0.2) is 31.7 Å². The van der Waals surface area contributed by atoms with E-state index in [1.807, 2.05) is 0 Å². The normalized spacial score (nSPS) is 24.7. The molecule has 1 aromatic rings. The summed E-state index contributed by atoms with van der Waals surface area (Å²) in [7, 11) is -3.46. The number of benzene rings is 1. The fraction of sp³-hybridized carbons (Fsp3) is 0.667. The van der Waals surface area contributed by atoms with E-state index in [0.717, 1.165) is 38.5 Å². The summed E-state index contributed by atoms with van der Waals surface area (Å²) < 4.78 is 27.0. The molecule has 1 aliphatic carbocycles. The van der Waals surface area contributed by atoms with Crippen molar-refractivity contribution in [2.75, 3.05) is 18.4 Å². The first-order chi connectivity index (χ1) is 12.7. The number of anilines is 1. The van der Waals surface area contributed by atoms with Crippen molar-refractivity contribution in [3.63, 3.8) is 0 Å². The minimum atomic E-state index is -3.46. The van der Waals surface area contributed by atoms with Crippen molar-refractivity contribution in [3.8, 4) is 0 Å². The lowest BCUT2D eigenvalue weighted by Crippen LogP contribution is -2.31. The highest BCUT2D eigenvalue weighted by atomic mass is 32.2. The van der Waals surface area contributed by atoms with Crippen molar-refractivity contribution in [3.05, 3.63) is 24.3 Å². The van der Waals surface area contributed by atoms with Crippen molar-refractivity contribution in [1.29, 1.82) is 0 Å². The van der Waals surface area contributed by atoms with Crippen LogP contribution in [-0.2, 0) is 14.8 Å². The molecule has 2 fully saturated rings. The average molecular weight is 393 g/mol. The van der Waals surface area contributed by atoms with Gasteiger partial charge in [0.2, 0.25) is 15.9 Å². The maximum atomic E-state index is 12.7. The zero-order chi connectivity index (χ0) is 19.7. The highest BCUT2D eigenvalue weighted by Crippen LogP contribution is 2.40. The van der Waals surface area contributed by atoms with Gasteiger partial charge >= 0.3 is 0 Å². The number of nitrogens with one attached hydrogen (secondary N) is 1. The number of hydrogen-bond donors (Lipinski definition) is 1. The van der Waals surface area contributed by atoms with Gasteiger partial charge in [-0.2, -0.15) is 4.31 Å². The maximum Gasteiger partial charge on any atom is 0.243 e. The molecule has 1 aromatic carbocycles. The lowest BCUT2D eigenvalue weighted by molar-refractivity contribution is -0.121. The molecular weight excluding hydrogens is 360 g/mol. The minimum absolute atomic E-state index is 0.0121. The fourth-order valence-electron chi connectivity index (χ4n) is 4.28. The average Bonchev–Trinajstić information content (AvgIpc) is 3.17. The van der Waals surface area contributed by atoms with E-state index in [9.17, 15) is 13.2 Å². The van der Waals surface area contributed by atoms with Crippen LogP contribution in [0.2, 0.25) is 0 Å². The molecule has 0 unspecified atom stereocenters. The zero-order valence-corrected chi connectivity index (χ0v) is 17.5. The number of amides is 1. The molecule has 0 aromatic heterocycles. The predicted octanol–water partition coefficient (Wildman–Crippen LogP) is 4.26. The molecule has 0 spiro atoms. The Balaban J connectivity index is 1.64. The summed E-state index contributed by atoms with van der Waals surface area (Å²) in [5.74, 6) is 0.691. The van der Waals surface area contributed by atoms with Crippen LogP contribution in [0.1, 0.15) is 59.3 Å². The first-order valence-electron chi connectivity index (χ1n) is 10.1. The molecule has 6 heteroatoms. The second kappa shape index (κ2) is 7.92. The summed E-state index contributed by atoms with van der Waals surface area (Å²) in [5, 5.41) is 2.95. The molecule has 0 radical (unpaired) electrons. The van der Waals surface area contributed by atoms with Crippen LogP contribution < -0.4 is 5.32 Å². The lowest BCUT2D eigenvalue weighted by atomic mass is 9.69. The monoisotopic (exact) mass is 392 g/mol. The van der Waals surface area contributed by atoms with E-state index < -0.39 is 10.0 Å². The van der Waals surface area contributed by atoms with Crippen molar-refractivity contribution < 1.29 is 13.2 Å². The molecule has 0 atom stereocenters. The van der Waals surface area contributed by atoms with Crippen LogP contribution in [0, 0.1) is 17.3 Å². The molecule has 0 bridgehead atoms. The Kier molecular flexibility index (Phi) is 5.96.